The summed E-state index contributed by atoms with van der Waals surface area (Å²) in [6.07, 6.45) is -0.540. The van der Waals surface area contributed by atoms with Gasteiger partial charge in [0, 0.05) is 23.8 Å². The third-order valence-corrected chi connectivity index (χ3v) is 3.51. The van der Waals surface area contributed by atoms with E-state index in [1.54, 1.807) is 27.9 Å². The van der Waals surface area contributed by atoms with Gasteiger partial charge < -0.3 is 14.8 Å². The number of hydrogen-bond donors (Lipinski definition) is 1. The minimum Gasteiger partial charge on any atom is -0.444 e. The summed E-state index contributed by atoms with van der Waals surface area (Å²) in [6, 6.07) is 5.57. The van der Waals surface area contributed by atoms with Crippen molar-refractivity contribution in [2.24, 2.45) is 0 Å². The first-order valence-corrected chi connectivity index (χ1v) is 8.44. The number of nitrogens with zero attached hydrogens (tertiary/aromatic N) is 1. The van der Waals surface area contributed by atoms with Crippen LogP contribution in [-0.4, -0.2) is 49.3 Å². The van der Waals surface area contributed by atoms with Gasteiger partial charge in [0.05, 0.1) is 6.61 Å². The molecule has 6 nitrogen and oxygen atoms in total. The highest BCUT2D eigenvalue weighted by atomic mass is 79.9. The predicted octanol–water partition coefficient (Wildman–Crippen LogP) is 3.58. The highest BCUT2D eigenvalue weighted by Crippen LogP contribution is 2.20. The van der Waals surface area contributed by atoms with Gasteiger partial charge in [0.25, 0.3) is 0 Å². The van der Waals surface area contributed by atoms with Gasteiger partial charge in [-0.15, -0.1) is 0 Å². The molecule has 0 aliphatic heterocycles. The Hall–Kier alpha value is -1.60. The van der Waals surface area contributed by atoms with Crippen LogP contribution < -0.4 is 5.32 Å². The fourth-order valence-electron chi connectivity index (χ4n) is 1.89. The number of hydrogen-bond acceptors (Lipinski definition) is 4. The van der Waals surface area contributed by atoms with Crippen molar-refractivity contribution in [3.63, 3.8) is 0 Å². The van der Waals surface area contributed by atoms with Crippen molar-refractivity contribution < 1.29 is 19.1 Å². The number of ether oxygens (including phenoxy) is 2. The molecular weight excluding hydrogens is 376 g/mol. The molecule has 1 rings (SSSR count). The molecule has 0 fully saturated rings. The molecule has 1 N–H and O–H groups in total. The van der Waals surface area contributed by atoms with Gasteiger partial charge in [0.15, 0.2) is 0 Å². The molecule has 0 saturated carbocycles. The Kier molecular flexibility index (Phi) is 7.69. The fourth-order valence-corrected chi connectivity index (χ4v) is 2.37. The van der Waals surface area contributed by atoms with Crippen LogP contribution in [0.3, 0.4) is 0 Å². The van der Waals surface area contributed by atoms with Gasteiger partial charge in [-0.05, 0) is 51.5 Å². The molecule has 0 saturated heterocycles. The normalized spacial score (nSPS) is 11.1. The Bertz CT molecular complexity index is 584. The SMILES string of the molecule is COCCN(CC(=O)Nc1ccc(Br)cc1C)C(=O)OC(C)(C)C. The lowest BCUT2D eigenvalue weighted by atomic mass is 10.2. The molecule has 0 aliphatic carbocycles. The quantitative estimate of drug-likeness (QED) is 0.791. The van der Waals surface area contributed by atoms with E-state index in [9.17, 15) is 9.59 Å². The predicted molar refractivity (Wildman–Crippen MR) is 97.2 cm³/mol. The number of benzene rings is 1. The molecule has 0 radical (unpaired) electrons. The van der Waals surface area contributed by atoms with Crippen LogP contribution in [-0.2, 0) is 14.3 Å². The van der Waals surface area contributed by atoms with Gasteiger partial charge in [-0.2, -0.15) is 0 Å². The molecule has 0 spiro atoms. The van der Waals surface area contributed by atoms with Crippen molar-refractivity contribution in [2.45, 2.75) is 33.3 Å². The van der Waals surface area contributed by atoms with E-state index in [4.69, 9.17) is 9.47 Å². The molecule has 0 atom stereocenters. The van der Waals surface area contributed by atoms with Crippen molar-refractivity contribution in [3.05, 3.63) is 28.2 Å². The van der Waals surface area contributed by atoms with Gasteiger partial charge >= 0.3 is 6.09 Å². The summed E-state index contributed by atoms with van der Waals surface area (Å²) in [6.45, 7) is 7.74. The van der Waals surface area contributed by atoms with Crippen molar-refractivity contribution in [2.75, 3.05) is 32.1 Å². The number of rotatable bonds is 6. The second kappa shape index (κ2) is 9.03. The molecule has 24 heavy (non-hydrogen) atoms. The van der Waals surface area contributed by atoms with Crippen LogP contribution in [0.25, 0.3) is 0 Å². The minimum atomic E-state index is -0.624. The van der Waals surface area contributed by atoms with Gasteiger partial charge in [-0.25, -0.2) is 4.79 Å². The number of halogens is 1. The molecule has 0 heterocycles. The fraction of sp³-hybridized carbons (Fsp3) is 0.529. The number of aryl methyl sites for hydroxylation is 1. The maximum atomic E-state index is 12.3. The van der Waals surface area contributed by atoms with E-state index in [-0.39, 0.29) is 19.0 Å². The summed E-state index contributed by atoms with van der Waals surface area (Å²) in [5.74, 6) is -0.289. The Labute approximate surface area is 151 Å². The van der Waals surface area contributed by atoms with Crippen LogP contribution in [0, 0.1) is 6.92 Å². The molecule has 0 bridgehead atoms. The Morgan fingerprint density at radius 3 is 2.50 bits per heavy atom. The number of anilines is 1. The number of amides is 2. The average Bonchev–Trinajstić information content (AvgIpc) is 2.44. The Balaban J connectivity index is 2.74. The molecule has 134 valence electrons. The zero-order valence-corrected chi connectivity index (χ0v) is 16.4. The van der Waals surface area contributed by atoms with E-state index >= 15 is 0 Å². The van der Waals surface area contributed by atoms with Crippen LogP contribution in [0.5, 0.6) is 0 Å². The van der Waals surface area contributed by atoms with Crippen LogP contribution in [0.1, 0.15) is 26.3 Å². The standard InChI is InChI=1S/C17H25BrN2O4/c1-12-10-13(18)6-7-14(12)19-15(21)11-20(8-9-23-5)16(22)24-17(2,3)4/h6-7,10H,8-9,11H2,1-5H3,(H,19,21). The van der Waals surface area contributed by atoms with Crippen LogP contribution in [0.15, 0.2) is 22.7 Å². The third-order valence-electron chi connectivity index (χ3n) is 3.01. The third kappa shape index (κ3) is 7.31. The number of methoxy groups -OCH3 is 1. The van der Waals surface area contributed by atoms with E-state index in [2.05, 4.69) is 21.2 Å². The molecule has 2 amide bonds. The molecule has 1 aromatic carbocycles. The zero-order chi connectivity index (χ0) is 18.3. The molecule has 0 aromatic heterocycles. The van der Waals surface area contributed by atoms with Crippen LogP contribution in [0.4, 0.5) is 10.5 Å². The highest BCUT2D eigenvalue weighted by Gasteiger charge is 2.24. The lowest BCUT2D eigenvalue weighted by Crippen LogP contribution is -2.42. The maximum absolute atomic E-state index is 12.3. The molecule has 1 aromatic rings. The molecule has 0 aliphatic rings. The highest BCUT2D eigenvalue weighted by molar-refractivity contribution is 9.10. The molecule has 0 unspecified atom stereocenters. The van der Waals surface area contributed by atoms with Crippen molar-refractivity contribution in [1.82, 2.24) is 4.90 Å². The summed E-state index contributed by atoms with van der Waals surface area (Å²) < 4.78 is 11.3. The lowest BCUT2D eigenvalue weighted by molar-refractivity contribution is -0.117. The largest absolute Gasteiger partial charge is 0.444 e. The van der Waals surface area contributed by atoms with Crippen LogP contribution >= 0.6 is 15.9 Å². The summed E-state index contributed by atoms with van der Waals surface area (Å²) in [5.41, 5.74) is 1.01. The smallest absolute Gasteiger partial charge is 0.410 e. The van der Waals surface area contributed by atoms with E-state index in [1.807, 2.05) is 25.1 Å². The zero-order valence-electron chi connectivity index (χ0n) is 14.8. The first-order valence-electron chi connectivity index (χ1n) is 7.65. The Morgan fingerprint density at radius 1 is 1.29 bits per heavy atom. The molecular formula is C17H25BrN2O4. The van der Waals surface area contributed by atoms with Crippen molar-refractivity contribution >= 4 is 33.6 Å². The van der Waals surface area contributed by atoms with Gasteiger partial charge in [-0.1, -0.05) is 15.9 Å². The number of carbonyl (C=O) groups excluding carboxylic acids is 2. The van der Waals surface area contributed by atoms with Gasteiger partial charge in [-0.3, -0.25) is 9.69 Å². The second-order valence-corrected chi connectivity index (χ2v) is 7.32. The summed E-state index contributed by atoms with van der Waals surface area (Å²) in [7, 11) is 1.54. The van der Waals surface area contributed by atoms with E-state index in [0.717, 1.165) is 10.0 Å². The monoisotopic (exact) mass is 400 g/mol. The van der Waals surface area contributed by atoms with E-state index < -0.39 is 11.7 Å². The topological polar surface area (TPSA) is 67.9 Å². The average molecular weight is 401 g/mol. The summed E-state index contributed by atoms with van der Waals surface area (Å²) >= 11 is 3.38. The van der Waals surface area contributed by atoms with E-state index in [0.29, 0.717) is 12.3 Å². The molecule has 7 heteroatoms. The van der Waals surface area contributed by atoms with E-state index in [1.165, 1.54) is 4.90 Å². The van der Waals surface area contributed by atoms with Gasteiger partial charge in [0.1, 0.15) is 12.1 Å². The van der Waals surface area contributed by atoms with Crippen molar-refractivity contribution in [1.29, 1.82) is 0 Å². The Morgan fingerprint density at radius 2 is 1.96 bits per heavy atom. The van der Waals surface area contributed by atoms with Crippen molar-refractivity contribution in [3.8, 4) is 0 Å². The second-order valence-electron chi connectivity index (χ2n) is 6.40. The maximum Gasteiger partial charge on any atom is 0.410 e. The first kappa shape index (κ1) is 20.4. The lowest BCUT2D eigenvalue weighted by Gasteiger charge is -2.27. The summed E-state index contributed by atoms with van der Waals surface area (Å²) in [5, 5.41) is 2.81. The van der Waals surface area contributed by atoms with Gasteiger partial charge in [0.2, 0.25) is 5.91 Å². The van der Waals surface area contributed by atoms with Crippen LogP contribution in [0.2, 0.25) is 0 Å². The summed E-state index contributed by atoms with van der Waals surface area (Å²) in [4.78, 5) is 25.8. The minimum absolute atomic E-state index is 0.103. The number of nitrogens with one attached hydrogen (secondary N) is 1. The number of carbonyl (C=O) groups is 2. The first-order chi connectivity index (χ1) is 11.1.